The number of hydrogen-bond acceptors (Lipinski definition) is 5. The number of aromatic nitrogens is 1. The van der Waals surface area contributed by atoms with E-state index in [0.717, 1.165) is 24.1 Å². The summed E-state index contributed by atoms with van der Waals surface area (Å²) in [4.78, 5) is 28.1. The maximum absolute atomic E-state index is 12.1. The molecule has 0 fully saturated rings. The molecule has 0 aliphatic heterocycles. The molecular weight excluding hydrogens is 366 g/mol. The highest BCUT2D eigenvalue weighted by Crippen LogP contribution is 2.26. The minimum atomic E-state index is -0.129. The average molecular weight is 386 g/mol. The summed E-state index contributed by atoms with van der Waals surface area (Å²) in [5.41, 5.74) is 3.09. The number of anilines is 1. The zero-order valence-electron chi connectivity index (χ0n) is 14.3. The van der Waals surface area contributed by atoms with Gasteiger partial charge in [-0.15, -0.1) is 22.7 Å². The number of thiazole rings is 1. The molecule has 0 saturated heterocycles. The van der Waals surface area contributed by atoms with Crippen molar-refractivity contribution in [3.8, 4) is 11.3 Å². The largest absolute Gasteiger partial charge is 0.356 e. The van der Waals surface area contributed by atoms with Gasteiger partial charge in [0.15, 0.2) is 5.13 Å². The first-order valence-corrected chi connectivity index (χ1v) is 10.0. The second-order valence-corrected chi connectivity index (χ2v) is 7.56. The third-order valence-electron chi connectivity index (χ3n) is 3.74. The quantitative estimate of drug-likeness (QED) is 0.599. The molecule has 2 N–H and O–H groups in total. The van der Waals surface area contributed by atoms with Gasteiger partial charge in [0.2, 0.25) is 5.91 Å². The number of thiophene rings is 1. The van der Waals surface area contributed by atoms with E-state index < -0.39 is 0 Å². The van der Waals surface area contributed by atoms with Crippen LogP contribution in [0.25, 0.3) is 11.3 Å². The Hall–Kier alpha value is -2.51. The van der Waals surface area contributed by atoms with E-state index in [-0.39, 0.29) is 11.8 Å². The molecule has 3 rings (SSSR count). The first-order chi connectivity index (χ1) is 12.6. The van der Waals surface area contributed by atoms with Gasteiger partial charge >= 0.3 is 0 Å². The molecule has 3 aromatic rings. The van der Waals surface area contributed by atoms with Gasteiger partial charge < -0.3 is 5.32 Å². The molecule has 2 amide bonds. The highest BCUT2D eigenvalue weighted by atomic mass is 32.1. The summed E-state index contributed by atoms with van der Waals surface area (Å²) in [6.07, 6.45) is 1.83. The molecule has 0 radical (unpaired) electrons. The lowest BCUT2D eigenvalue weighted by molar-refractivity contribution is -0.118. The molecule has 7 heteroatoms. The third kappa shape index (κ3) is 5.00. The van der Waals surface area contributed by atoms with Gasteiger partial charge in [0.25, 0.3) is 5.91 Å². The Balaban J connectivity index is 1.57. The zero-order chi connectivity index (χ0) is 18.4. The predicted molar refractivity (Wildman–Crippen MR) is 107 cm³/mol. The van der Waals surface area contributed by atoms with Gasteiger partial charge in [-0.05, 0) is 29.9 Å². The molecular formula is C19H19N3O2S2. The van der Waals surface area contributed by atoms with Gasteiger partial charge in [-0.25, -0.2) is 4.98 Å². The molecule has 134 valence electrons. The Morgan fingerprint density at radius 1 is 1.12 bits per heavy atom. The number of carbonyl (C=O) groups is 2. The minimum Gasteiger partial charge on any atom is -0.356 e. The van der Waals surface area contributed by atoms with Crippen LogP contribution in [0.15, 0.2) is 47.2 Å². The van der Waals surface area contributed by atoms with Crippen LogP contribution in [0.4, 0.5) is 5.13 Å². The van der Waals surface area contributed by atoms with Crippen molar-refractivity contribution >= 4 is 39.6 Å². The summed E-state index contributed by atoms with van der Waals surface area (Å²) in [5.74, 6) is -0.124. The number of hydrogen-bond donors (Lipinski definition) is 2. The van der Waals surface area contributed by atoms with Crippen LogP contribution in [-0.4, -0.2) is 23.3 Å². The molecule has 5 nitrogen and oxygen atoms in total. The van der Waals surface area contributed by atoms with Crippen LogP contribution in [-0.2, 0) is 11.2 Å². The van der Waals surface area contributed by atoms with E-state index in [2.05, 4.69) is 27.8 Å². The summed E-state index contributed by atoms with van der Waals surface area (Å²) in [6.45, 7) is 2.22. The fourth-order valence-electron chi connectivity index (χ4n) is 2.43. The van der Waals surface area contributed by atoms with Crippen LogP contribution >= 0.6 is 22.7 Å². The summed E-state index contributed by atoms with van der Waals surface area (Å²) in [6, 6.07) is 11.9. The zero-order valence-corrected chi connectivity index (χ0v) is 16.0. The molecule has 1 aromatic carbocycles. The van der Waals surface area contributed by atoms with E-state index in [9.17, 15) is 9.59 Å². The van der Waals surface area contributed by atoms with Gasteiger partial charge in [0, 0.05) is 24.4 Å². The maximum atomic E-state index is 12.1. The molecule has 0 unspecified atom stereocenters. The van der Waals surface area contributed by atoms with Gasteiger partial charge in [-0.3, -0.25) is 14.9 Å². The Bertz CT molecular complexity index is 871. The SMILES string of the molecule is CC(=O)NCCCc1ccc(-c2csc(NC(=O)c3cccs3)n2)cc1. The summed E-state index contributed by atoms with van der Waals surface area (Å²) in [5, 5.41) is 10.0. The van der Waals surface area contributed by atoms with Crippen molar-refractivity contribution in [3.05, 3.63) is 57.6 Å². The molecule has 2 aromatic heterocycles. The molecule has 0 aliphatic carbocycles. The summed E-state index contributed by atoms with van der Waals surface area (Å²) >= 11 is 2.82. The number of benzene rings is 1. The first-order valence-electron chi connectivity index (χ1n) is 8.26. The molecule has 26 heavy (non-hydrogen) atoms. The van der Waals surface area contributed by atoms with Gasteiger partial charge in [0.05, 0.1) is 10.6 Å². The molecule has 0 spiro atoms. The monoisotopic (exact) mass is 385 g/mol. The Morgan fingerprint density at radius 3 is 2.62 bits per heavy atom. The number of aryl methyl sites for hydroxylation is 1. The topological polar surface area (TPSA) is 71.1 Å². The fourth-order valence-corrected chi connectivity index (χ4v) is 3.76. The molecule has 0 bridgehead atoms. The van der Waals surface area contributed by atoms with Gasteiger partial charge in [-0.2, -0.15) is 0 Å². The average Bonchev–Trinajstić information content (AvgIpc) is 3.31. The van der Waals surface area contributed by atoms with E-state index in [0.29, 0.717) is 16.6 Å². The smallest absolute Gasteiger partial charge is 0.267 e. The second kappa shape index (κ2) is 8.73. The van der Waals surface area contributed by atoms with Crippen molar-refractivity contribution in [2.24, 2.45) is 0 Å². The van der Waals surface area contributed by atoms with E-state index in [1.807, 2.05) is 29.0 Å². The number of carbonyl (C=O) groups excluding carboxylic acids is 2. The van der Waals surface area contributed by atoms with Crippen molar-refractivity contribution in [3.63, 3.8) is 0 Å². The van der Waals surface area contributed by atoms with E-state index in [4.69, 9.17) is 0 Å². The van der Waals surface area contributed by atoms with Crippen molar-refractivity contribution in [1.82, 2.24) is 10.3 Å². The number of nitrogens with zero attached hydrogens (tertiary/aromatic N) is 1. The number of rotatable bonds is 7. The van der Waals surface area contributed by atoms with Crippen molar-refractivity contribution in [1.29, 1.82) is 0 Å². The fraction of sp³-hybridized carbons (Fsp3) is 0.211. The van der Waals surface area contributed by atoms with Crippen LogP contribution in [0, 0.1) is 0 Å². The lowest BCUT2D eigenvalue weighted by atomic mass is 10.1. The highest BCUT2D eigenvalue weighted by molar-refractivity contribution is 7.14. The second-order valence-electron chi connectivity index (χ2n) is 5.75. The maximum Gasteiger partial charge on any atom is 0.267 e. The lowest BCUT2D eigenvalue weighted by Gasteiger charge is -2.04. The van der Waals surface area contributed by atoms with Crippen molar-refractivity contribution in [2.75, 3.05) is 11.9 Å². The Kier molecular flexibility index (Phi) is 6.14. The van der Waals surface area contributed by atoms with Crippen LogP contribution in [0.3, 0.4) is 0 Å². The normalized spacial score (nSPS) is 10.5. The van der Waals surface area contributed by atoms with Gasteiger partial charge in [-0.1, -0.05) is 30.3 Å². The van der Waals surface area contributed by atoms with Crippen LogP contribution in [0.1, 0.15) is 28.6 Å². The molecule has 2 heterocycles. The number of nitrogens with one attached hydrogen (secondary N) is 2. The summed E-state index contributed by atoms with van der Waals surface area (Å²) < 4.78 is 0. The van der Waals surface area contributed by atoms with Crippen LogP contribution in [0.5, 0.6) is 0 Å². The Labute approximate surface area is 160 Å². The van der Waals surface area contributed by atoms with E-state index in [1.165, 1.54) is 35.2 Å². The minimum absolute atomic E-state index is 0.00542. The number of amides is 2. The molecule has 0 saturated carbocycles. The van der Waals surface area contributed by atoms with Crippen LogP contribution < -0.4 is 10.6 Å². The van der Waals surface area contributed by atoms with Crippen molar-refractivity contribution < 1.29 is 9.59 Å². The molecule has 0 aliphatic rings. The Morgan fingerprint density at radius 2 is 1.92 bits per heavy atom. The highest BCUT2D eigenvalue weighted by Gasteiger charge is 2.10. The first kappa shape index (κ1) is 18.3. The standard InChI is InChI=1S/C19H19N3O2S2/c1-13(23)20-10-2-4-14-6-8-15(9-7-14)16-12-26-19(21-16)22-18(24)17-5-3-11-25-17/h3,5-9,11-12H,2,4,10H2,1H3,(H,20,23)(H,21,22,24). The lowest BCUT2D eigenvalue weighted by Crippen LogP contribution is -2.21. The summed E-state index contributed by atoms with van der Waals surface area (Å²) in [7, 11) is 0. The van der Waals surface area contributed by atoms with E-state index >= 15 is 0 Å². The third-order valence-corrected chi connectivity index (χ3v) is 5.36. The van der Waals surface area contributed by atoms with Crippen LogP contribution in [0.2, 0.25) is 0 Å². The van der Waals surface area contributed by atoms with Crippen molar-refractivity contribution in [2.45, 2.75) is 19.8 Å². The van der Waals surface area contributed by atoms with E-state index in [1.54, 1.807) is 6.07 Å². The molecule has 0 atom stereocenters. The van der Waals surface area contributed by atoms with Gasteiger partial charge in [0.1, 0.15) is 0 Å². The predicted octanol–water partition coefficient (Wildman–Crippen LogP) is 4.19.